The molecule has 154 valence electrons. The summed E-state index contributed by atoms with van der Waals surface area (Å²) in [6.07, 6.45) is 1.83. The minimum atomic E-state index is -0.396. The fourth-order valence-corrected chi connectivity index (χ4v) is 3.45. The van der Waals surface area contributed by atoms with Crippen LogP contribution in [0.5, 0.6) is 0 Å². The molecular weight excluding hydrogens is 371 g/mol. The number of hydrogen-bond donors (Lipinski definition) is 0. The van der Waals surface area contributed by atoms with E-state index in [-0.39, 0.29) is 18.3 Å². The largest absolute Gasteiger partial charge is 0.342 e. The minimum Gasteiger partial charge on any atom is -0.298 e. The van der Waals surface area contributed by atoms with Crippen LogP contribution in [0.3, 0.4) is 0 Å². The quantitative estimate of drug-likeness (QED) is 0.366. The van der Waals surface area contributed by atoms with Gasteiger partial charge in [-0.1, -0.05) is 39.8 Å². The summed E-state index contributed by atoms with van der Waals surface area (Å²) in [6.45, 7) is 8.18. The number of carbonyl (C=O) groups is 1. The number of fused-ring (bicyclic) bond motifs is 1. The van der Waals surface area contributed by atoms with Crippen molar-refractivity contribution in [1.29, 1.82) is 0 Å². The topological polar surface area (TPSA) is 52.8 Å². The molecule has 0 fully saturated rings. The van der Waals surface area contributed by atoms with Gasteiger partial charge in [0.2, 0.25) is 0 Å². The zero-order valence-electron chi connectivity index (χ0n) is 17.4. The van der Waals surface area contributed by atoms with E-state index in [9.17, 15) is 9.18 Å². The zero-order chi connectivity index (χ0) is 21.0. The molecule has 2 heterocycles. The predicted molar refractivity (Wildman–Crippen MR) is 110 cm³/mol. The van der Waals surface area contributed by atoms with Crippen LogP contribution in [0, 0.1) is 5.82 Å². The van der Waals surface area contributed by atoms with Crippen molar-refractivity contribution in [3.8, 4) is 11.1 Å². The van der Waals surface area contributed by atoms with Crippen molar-refractivity contribution >= 4 is 11.5 Å². The van der Waals surface area contributed by atoms with Gasteiger partial charge < -0.3 is 0 Å². The van der Waals surface area contributed by atoms with Crippen LogP contribution in [0.15, 0.2) is 36.4 Å². The lowest BCUT2D eigenvalue weighted by Gasteiger charge is -2.19. The summed E-state index contributed by atoms with van der Waals surface area (Å²) in [5.74, 6) is -0.568. The highest BCUT2D eigenvalue weighted by Gasteiger charge is 2.21. The molecule has 0 atom stereocenters. The Balaban J connectivity index is 2.15. The first kappa shape index (κ1) is 21.0. The molecule has 1 aromatic carbocycles. The van der Waals surface area contributed by atoms with Gasteiger partial charge >= 0.3 is 5.97 Å². The van der Waals surface area contributed by atoms with Crippen molar-refractivity contribution in [1.82, 2.24) is 9.61 Å². The number of aromatic nitrogens is 2. The summed E-state index contributed by atoms with van der Waals surface area (Å²) >= 11 is 0. The highest BCUT2D eigenvalue weighted by molar-refractivity contribution is 5.84. The van der Waals surface area contributed by atoms with Gasteiger partial charge in [0.1, 0.15) is 12.4 Å². The van der Waals surface area contributed by atoms with Crippen LogP contribution in [-0.2, 0) is 27.6 Å². The van der Waals surface area contributed by atoms with Gasteiger partial charge in [-0.3, -0.25) is 4.89 Å². The van der Waals surface area contributed by atoms with Gasteiger partial charge in [0.25, 0.3) is 0 Å². The number of benzene rings is 1. The molecule has 0 N–H and O–H groups in total. The molecule has 6 heteroatoms. The number of carbonyl (C=O) groups excluding carboxylic acids is 1. The smallest absolute Gasteiger partial charge is 0.298 e. The van der Waals surface area contributed by atoms with E-state index in [1.54, 1.807) is 12.1 Å². The van der Waals surface area contributed by atoms with Crippen molar-refractivity contribution in [2.24, 2.45) is 0 Å². The van der Waals surface area contributed by atoms with Gasteiger partial charge in [-0.2, -0.15) is 9.99 Å². The highest BCUT2D eigenvalue weighted by atomic mass is 19.1. The van der Waals surface area contributed by atoms with Crippen LogP contribution in [0.25, 0.3) is 16.6 Å². The third kappa shape index (κ3) is 4.48. The van der Waals surface area contributed by atoms with Gasteiger partial charge in [0, 0.05) is 23.2 Å². The standard InChI is InChI=1S/C23H27FN2O3/c1-5-7-21(27)29-28-14-19-22(16-8-10-17(24)11-9-16)20-13-12-18(6-2)26(20)25-23(19)15(3)4/h8-13,15H,5-7,14H2,1-4H3. The SMILES string of the molecule is CCCC(=O)OOCc1c(C(C)C)nn2c(CC)ccc2c1-c1ccc(F)cc1. The molecule has 0 amide bonds. The maximum absolute atomic E-state index is 13.5. The lowest BCUT2D eigenvalue weighted by molar-refractivity contribution is -0.280. The van der Waals surface area contributed by atoms with Crippen molar-refractivity contribution in [3.05, 3.63) is 59.2 Å². The molecule has 5 nitrogen and oxygen atoms in total. The summed E-state index contributed by atoms with van der Waals surface area (Å²) in [5, 5.41) is 4.87. The van der Waals surface area contributed by atoms with Crippen LogP contribution in [0.1, 0.15) is 63.4 Å². The van der Waals surface area contributed by atoms with E-state index in [0.29, 0.717) is 12.8 Å². The van der Waals surface area contributed by atoms with E-state index in [1.165, 1.54) is 12.1 Å². The van der Waals surface area contributed by atoms with E-state index in [2.05, 4.69) is 20.8 Å². The number of aryl methyl sites for hydroxylation is 1. The first-order chi connectivity index (χ1) is 14.0. The molecule has 0 aliphatic heterocycles. The summed E-state index contributed by atoms with van der Waals surface area (Å²) in [6, 6.07) is 10.4. The molecule has 3 aromatic rings. The number of halogens is 1. The van der Waals surface area contributed by atoms with Gasteiger partial charge in [0.15, 0.2) is 0 Å². The molecule has 0 saturated carbocycles. The third-order valence-electron chi connectivity index (χ3n) is 4.86. The lowest BCUT2D eigenvalue weighted by Crippen LogP contribution is -2.12. The molecule has 0 radical (unpaired) electrons. The number of hydrogen-bond acceptors (Lipinski definition) is 4. The van der Waals surface area contributed by atoms with Crippen molar-refractivity contribution in [3.63, 3.8) is 0 Å². The Morgan fingerprint density at radius 1 is 1.14 bits per heavy atom. The average molecular weight is 398 g/mol. The lowest BCUT2D eigenvalue weighted by atomic mass is 9.95. The van der Waals surface area contributed by atoms with Gasteiger partial charge in [-0.25, -0.2) is 13.7 Å². The second kappa shape index (κ2) is 9.18. The summed E-state index contributed by atoms with van der Waals surface area (Å²) in [4.78, 5) is 21.9. The maximum atomic E-state index is 13.5. The van der Waals surface area contributed by atoms with Gasteiger partial charge in [-0.15, -0.1) is 0 Å². The van der Waals surface area contributed by atoms with Gasteiger partial charge in [-0.05, 0) is 48.6 Å². The number of nitrogens with zero attached hydrogens (tertiary/aromatic N) is 2. The van der Waals surface area contributed by atoms with E-state index >= 15 is 0 Å². The maximum Gasteiger partial charge on any atom is 0.342 e. The Morgan fingerprint density at radius 3 is 2.48 bits per heavy atom. The fraction of sp³-hybridized carbons (Fsp3) is 0.391. The predicted octanol–water partition coefficient (Wildman–Crippen LogP) is 5.60. The van der Waals surface area contributed by atoms with Crippen LogP contribution < -0.4 is 0 Å². The monoisotopic (exact) mass is 398 g/mol. The van der Waals surface area contributed by atoms with E-state index < -0.39 is 5.97 Å². The van der Waals surface area contributed by atoms with E-state index in [4.69, 9.17) is 14.9 Å². The average Bonchev–Trinajstić information content (AvgIpc) is 3.11. The molecule has 0 bridgehead atoms. The summed E-state index contributed by atoms with van der Waals surface area (Å²) < 4.78 is 15.5. The fourth-order valence-electron chi connectivity index (χ4n) is 3.45. The Kier molecular flexibility index (Phi) is 6.64. The molecule has 0 spiro atoms. The molecule has 3 rings (SSSR count). The Bertz CT molecular complexity index is 994. The van der Waals surface area contributed by atoms with Crippen molar-refractivity contribution in [2.75, 3.05) is 0 Å². The summed E-state index contributed by atoms with van der Waals surface area (Å²) in [7, 11) is 0. The van der Waals surface area contributed by atoms with Crippen molar-refractivity contribution < 1.29 is 19.0 Å². The molecule has 0 aliphatic carbocycles. The van der Waals surface area contributed by atoms with Crippen molar-refractivity contribution in [2.45, 2.75) is 59.5 Å². The van der Waals surface area contributed by atoms with Crippen LogP contribution >= 0.6 is 0 Å². The van der Waals surface area contributed by atoms with Crippen LogP contribution in [0.2, 0.25) is 0 Å². The first-order valence-corrected chi connectivity index (χ1v) is 10.1. The van der Waals surface area contributed by atoms with E-state index in [1.807, 2.05) is 23.6 Å². The Labute approximate surface area is 170 Å². The first-order valence-electron chi connectivity index (χ1n) is 10.1. The molecule has 0 saturated heterocycles. The van der Waals surface area contributed by atoms with Crippen LogP contribution in [0.4, 0.5) is 4.39 Å². The minimum absolute atomic E-state index is 0.0752. The zero-order valence-corrected chi connectivity index (χ0v) is 17.4. The second-order valence-corrected chi connectivity index (χ2v) is 7.34. The molecule has 29 heavy (non-hydrogen) atoms. The Morgan fingerprint density at radius 2 is 1.86 bits per heavy atom. The highest BCUT2D eigenvalue weighted by Crippen LogP contribution is 2.34. The molecule has 0 unspecified atom stereocenters. The normalized spacial score (nSPS) is 11.4. The number of rotatable bonds is 8. The Hall–Kier alpha value is -2.73. The van der Waals surface area contributed by atoms with Gasteiger partial charge in [0.05, 0.1) is 11.2 Å². The molecule has 0 aliphatic rings. The molecule has 2 aromatic heterocycles. The van der Waals surface area contributed by atoms with Crippen LogP contribution in [-0.4, -0.2) is 15.6 Å². The second-order valence-electron chi connectivity index (χ2n) is 7.34. The third-order valence-corrected chi connectivity index (χ3v) is 4.86. The van der Waals surface area contributed by atoms with E-state index in [0.717, 1.165) is 40.0 Å². The molecular formula is C23H27FN2O3. The summed E-state index contributed by atoms with van der Waals surface area (Å²) in [5.41, 5.74) is 5.47.